The molecule has 416 valence electrons. The quantitative estimate of drug-likeness (QED) is 0.0172. The van der Waals surface area contributed by atoms with Crippen molar-refractivity contribution in [2.45, 2.75) is 261 Å². The Bertz CT molecular complexity index is 1480. The smallest absolute Gasteiger partial charge is 0.306 e. The highest BCUT2D eigenvalue weighted by Gasteiger charge is 2.47. The van der Waals surface area contributed by atoms with Crippen LogP contribution < -0.4 is 0 Å². The Morgan fingerprint density at radius 1 is 0.458 bits per heavy atom. The van der Waals surface area contributed by atoms with Crippen LogP contribution in [0.4, 0.5) is 0 Å². The van der Waals surface area contributed by atoms with E-state index in [-0.39, 0.29) is 19.4 Å². The molecule has 0 aromatic heterocycles. The van der Waals surface area contributed by atoms with Gasteiger partial charge in [-0.25, -0.2) is 0 Å². The second kappa shape index (κ2) is 43.4. The van der Waals surface area contributed by atoms with Gasteiger partial charge in [-0.1, -0.05) is 190 Å². The van der Waals surface area contributed by atoms with Crippen molar-refractivity contribution >= 4 is 11.9 Å². The Kier molecular flexibility index (Phi) is 39.4. The minimum absolute atomic E-state index is 0.0863. The first-order chi connectivity index (χ1) is 35.0. The molecule has 0 saturated carbocycles. The number of carbonyl (C=O) groups excluding carboxylic acids is 2. The summed E-state index contributed by atoms with van der Waals surface area (Å²) >= 11 is 0. The van der Waals surface area contributed by atoms with Crippen molar-refractivity contribution in [3.05, 3.63) is 60.8 Å². The van der Waals surface area contributed by atoms with E-state index in [9.17, 15) is 45.3 Å². The van der Waals surface area contributed by atoms with Gasteiger partial charge in [0.05, 0.1) is 19.8 Å². The minimum atomic E-state index is -1.78. The van der Waals surface area contributed by atoms with E-state index in [1.165, 1.54) is 96.3 Å². The van der Waals surface area contributed by atoms with E-state index in [1.807, 2.05) is 12.2 Å². The van der Waals surface area contributed by atoms with Crippen LogP contribution in [0, 0.1) is 0 Å². The van der Waals surface area contributed by atoms with E-state index >= 15 is 0 Å². The number of hydrogen-bond acceptors (Lipinski definition) is 15. The Morgan fingerprint density at radius 2 is 0.875 bits per heavy atom. The molecule has 0 spiro atoms. The molecule has 72 heavy (non-hydrogen) atoms. The summed E-state index contributed by atoms with van der Waals surface area (Å²) in [6.07, 6.45) is 34.0. The maximum Gasteiger partial charge on any atom is 0.306 e. The lowest BCUT2D eigenvalue weighted by atomic mass is 9.98. The van der Waals surface area contributed by atoms with Crippen molar-refractivity contribution in [3.63, 3.8) is 0 Å². The van der Waals surface area contributed by atoms with Crippen LogP contribution in [-0.4, -0.2) is 142 Å². The average Bonchev–Trinajstić information content (AvgIpc) is 3.37. The summed E-state index contributed by atoms with van der Waals surface area (Å²) in [7, 11) is 0. The molecule has 0 aromatic carbocycles. The monoisotopic (exact) mass is 1020 g/mol. The molecule has 4 unspecified atom stereocenters. The molecule has 2 aliphatic rings. The molecule has 0 aromatic rings. The fourth-order valence-corrected chi connectivity index (χ4v) is 8.49. The van der Waals surface area contributed by atoms with Crippen molar-refractivity contribution in [2.75, 3.05) is 26.4 Å². The maximum absolute atomic E-state index is 13.0. The van der Waals surface area contributed by atoms with Gasteiger partial charge >= 0.3 is 11.9 Å². The SMILES string of the molecule is CC/C=C/C/C=C/C/C=C/C/C=C/C/C=C/CCCC(=O)O[C@@H](COC(=O)CCCCCCCCCCCCCCCCCCCCC)CO[C@@H]1O[C@H](CO[C@@H]2O[C@H](CO)[C@H](O)C(O)C2O)[C@H](O)C(O)C1O. The second-order valence-electron chi connectivity index (χ2n) is 19.4. The lowest BCUT2D eigenvalue weighted by molar-refractivity contribution is -0.332. The highest BCUT2D eigenvalue weighted by molar-refractivity contribution is 5.70. The Hall–Kier alpha value is -2.80. The largest absolute Gasteiger partial charge is 0.462 e. The first-order valence-corrected chi connectivity index (χ1v) is 27.9. The third-order valence-corrected chi connectivity index (χ3v) is 13.0. The number of rotatable bonds is 43. The third kappa shape index (κ3) is 30.5. The fourth-order valence-electron chi connectivity index (χ4n) is 8.49. The molecule has 0 radical (unpaired) electrons. The van der Waals surface area contributed by atoms with Crippen LogP contribution in [-0.2, 0) is 38.0 Å². The standard InChI is InChI=1S/C57H98O15/c1-3-5-7-9-11-13-15-17-19-21-22-24-25-27-29-31-33-35-37-39-48(59)67-42-45(70-49(60)40-38-36-34-32-30-28-26-23-20-18-16-14-12-10-8-6-4-2)43-68-56-55(66)53(64)51(62)47(72-56)44-69-57-54(65)52(63)50(61)46(41-58)71-57/h6,8,12,14,18,20,26,28,32,34,45-47,50-58,61-66H,3-5,7,9-11,13,15-17,19,21-25,27,29-31,33,35-44H2,1-2H3/b8-6+,14-12+,20-18+,28-26+,34-32+/t45-,46+,47+,50-,51-,52?,53?,54?,55?,56+,57+/m0/s1. The Morgan fingerprint density at radius 3 is 1.36 bits per heavy atom. The van der Waals surface area contributed by atoms with Gasteiger partial charge in [-0.15, -0.1) is 0 Å². The van der Waals surface area contributed by atoms with Crippen molar-refractivity contribution < 1.29 is 73.8 Å². The fraction of sp³-hybridized carbons (Fsp3) is 0.789. The van der Waals surface area contributed by atoms with Crippen LogP contribution in [0.3, 0.4) is 0 Å². The molecule has 15 nitrogen and oxygen atoms in total. The molecular weight excluding hydrogens is 925 g/mol. The summed E-state index contributed by atoms with van der Waals surface area (Å²) in [6.45, 7) is 2.44. The van der Waals surface area contributed by atoms with Gasteiger partial charge in [0.15, 0.2) is 18.7 Å². The van der Waals surface area contributed by atoms with E-state index in [0.29, 0.717) is 19.3 Å². The lowest BCUT2D eigenvalue weighted by Gasteiger charge is -2.42. The van der Waals surface area contributed by atoms with Crippen LogP contribution in [0.2, 0.25) is 0 Å². The molecule has 11 atom stereocenters. The van der Waals surface area contributed by atoms with E-state index in [0.717, 1.165) is 51.4 Å². The summed E-state index contributed by atoms with van der Waals surface area (Å²) < 4.78 is 33.6. The predicted molar refractivity (Wildman–Crippen MR) is 280 cm³/mol. The van der Waals surface area contributed by atoms with Crippen molar-refractivity contribution in [3.8, 4) is 0 Å². The number of hydrogen-bond donors (Lipinski definition) is 7. The van der Waals surface area contributed by atoms with Gasteiger partial charge < -0.3 is 64.2 Å². The molecule has 2 aliphatic heterocycles. The number of esters is 2. The molecule has 0 amide bonds. The predicted octanol–water partition coefficient (Wildman–Crippen LogP) is 8.83. The number of ether oxygens (including phenoxy) is 6. The molecule has 2 saturated heterocycles. The minimum Gasteiger partial charge on any atom is -0.462 e. The summed E-state index contributed by atoms with van der Waals surface area (Å²) in [5.41, 5.74) is 0. The first-order valence-electron chi connectivity index (χ1n) is 27.9. The van der Waals surface area contributed by atoms with Gasteiger partial charge in [0.1, 0.15) is 55.4 Å². The van der Waals surface area contributed by atoms with Gasteiger partial charge in [0.2, 0.25) is 0 Å². The Balaban J connectivity index is 1.79. The molecule has 7 N–H and O–H groups in total. The third-order valence-electron chi connectivity index (χ3n) is 13.0. The van der Waals surface area contributed by atoms with Gasteiger partial charge in [-0.2, -0.15) is 0 Å². The van der Waals surface area contributed by atoms with Crippen molar-refractivity contribution in [1.29, 1.82) is 0 Å². The Labute approximate surface area is 432 Å². The van der Waals surface area contributed by atoms with Crippen LogP contribution in [0.15, 0.2) is 60.8 Å². The average molecular weight is 1020 g/mol. The van der Waals surface area contributed by atoms with Gasteiger partial charge in [0, 0.05) is 12.8 Å². The van der Waals surface area contributed by atoms with E-state index in [2.05, 4.69) is 62.5 Å². The molecule has 15 heteroatoms. The molecule has 2 rings (SSSR count). The number of allylic oxidation sites excluding steroid dienone is 10. The zero-order valence-corrected chi connectivity index (χ0v) is 44.1. The summed E-state index contributed by atoms with van der Waals surface area (Å²) in [5, 5.41) is 72.2. The van der Waals surface area contributed by atoms with E-state index < -0.39 is 99.3 Å². The highest BCUT2D eigenvalue weighted by Crippen LogP contribution is 2.26. The van der Waals surface area contributed by atoms with Gasteiger partial charge in [-0.05, 0) is 51.4 Å². The summed E-state index contributed by atoms with van der Waals surface area (Å²) in [6, 6.07) is 0. The van der Waals surface area contributed by atoms with Crippen LogP contribution in [0.25, 0.3) is 0 Å². The molecule has 0 aliphatic carbocycles. The summed E-state index contributed by atoms with van der Waals surface area (Å²) in [4.78, 5) is 25.8. The number of aliphatic hydroxyl groups is 7. The first kappa shape index (κ1) is 65.3. The van der Waals surface area contributed by atoms with Crippen LogP contribution in [0.5, 0.6) is 0 Å². The van der Waals surface area contributed by atoms with E-state index in [4.69, 9.17) is 28.4 Å². The summed E-state index contributed by atoms with van der Waals surface area (Å²) in [5.74, 6) is -0.989. The van der Waals surface area contributed by atoms with Crippen molar-refractivity contribution in [2.24, 2.45) is 0 Å². The molecule has 2 fully saturated rings. The zero-order valence-electron chi connectivity index (χ0n) is 44.1. The highest BCUT2D eigenvalue weighted by atomic mass is 16.7. The maximum atomic E-state index is 13.0. The van der Waals surface area contributed by atoms with Crippen LogP contribution in [0.1, 0.15) is 194 Å². The molecule has 0 bridgehead atoms. The van der Waals surface area contributed by atoms with Gasteiger partial charge in [-0.3, -0.25) is 9.59 Å². The topological polar surface area (TPSA) is 231 Å². The lowest BCUT2D eigenvalue weighted by Crippen LogP contribution is -2.61. The van der Waals surface area contributed by atoms with Gasteiger partial charge in [0.25, 0.3) is 0 Å². The van der Waals surface area contributed by atoms with Crippen molar-refractivity contribution in [1.82, 2.24) is 0 Å². The van der Waals surface area contributed by atoms with Crippen LogP contribution >= 0.6 is 0 Å². The number of aliphatic hydroxyl groups excluding tert-OH is 7. The number of unbranched alkanes of at least 4 members (excludes halogenated alkanes) is 19. The zero-order chi connectivity index (χ0) is 52.4. The van der Waals surface area contributed by atoms with E-state index in [1.54, 1.807) is 0 Å². The molecular formula is C57H98O15. The second-order valence-corrected chi connectivity index (χ2v) is 19.4. The normalized spacial score (nSPS) is 25.5. The number of carbonyl (C=O) groups is 2. The molecule has 2 heterocycles.